The van der Waals surface area contributed by atoms with Crippen molar-refractivity contribution in [3.05, 3.63) is 35.1 Å². The Labute approximate surface area is 98.4 Å². The van der Waals surface area contributed by atoms with Gasteiger partial charge < -0.3 is 16.4 Å². The standard InChI is InChI=1S/C11H13FN4O/c12-10-2-1-8(6-13)9(5-10)7-15-3-4-16-11(14)17/h1-2,5,15H,3-4,7H2,(H3,14,16,17). The number of rotatable bonds is 5. The van der Waals surface area contributed by atoms with Crippen molar-refractivity contribution in [2.75, 3.05) is 13.1 Å². The summed E-state index contributed by atoms with van der Waals surface area (Å²) in [5.41, 5.74) is 5.90. The largest absolute Gasteiger partial charge is 0.352 e. The summed E-state index contributed by atoms with van der Waals surface area (Å²) in [7, 11) is 0. The number of hydrogen-bond donors (Lipinski definition) is 3. The lowest BCUT2D eigenvalue weighted by Gasteiger charge is -2.06. The highest BCUT2D eigenvalue weighted by atomic mass is 19.1. The number of benzene rings is 1. The molecule has 0 spiro atoms. The number of carbonyl (C=O) groups is 1. The van der Waals surface area contributed by atoms with E-state index in [4.69, 9.17) is 11.0 Å². The zero-order valence-corrected chi connectivity index (χ0v) is 9.16. The Morgan fingerprint density at radius 1 is 1.47 bits per heavy atom. The van der Waals surface area contributed by atoms with Gasteiger partial charge in [-0.1, -0.05) is 0 Å². The summed E-state index contributed by atoms with van der Waals surface area (Å²) in [6.07, 6.45) is 0. The first-order valence-electron chi connectivity index (χ1n) is 5.06. The van der Waals surface area contributed by atoms with E-state index in [2.05, 4.69) is 10.6 Å². The molecule has 0 fully saturated rings. The van der Waals surface area contributed by atoms with Crippen molar-refractivity contribution in [3.63, 3.8) is 0 Å². The molecule has 0 bridgehead atoms. The van der Waals surface area contributed by atoms with Gasteiger partial charge in [0.2, 0.25) is 0 Å². The zero-order valence-electron chi connectivity index (χ0n) is 9.16. The number of urea groups is 1. The van der Waals surface area contributed by atoms with Gasteiger partial charge in [-0.05, 0) is 23.8 Å². The highest BCUT2D eigenvalue weighted by Crippen LogP contribution is 2.09. The summed E-state index contributed by atoms with van der Waals surface area (Å²) in [6, 6.07) is 5.40. The molecule has 1 aromatic carbocycles. The van der Waals surface area contributed by atoms with E-state index in [1.165, 1.54) is 18.2 Å². The van der Waals surface area contributed by atoms with Crippen LogP contribution in [0, 0.1) is 17.1 Å². The molecule has 1 rings (SSSR count). The number of hydrogen-bond acceptors (Lipinski definition) is 3. The van der Waals surface area contributed by atoms with Gasteiger partial charge in [0, 0.05) is 19.6 Å². The third-order valence-electron chi connectivity index (χ3n) is 2.10. The van der Waals surface area contributed by atoms with Crippen LogP contribution in [0.15, 0.2) is 18.2 Å². The van der Waals surface area contributed by atoms with Crippen molar-refractivity contribution in [2.45, 2.75) is 6.54 Å². The number of carbonyl (C=O) groups excluding carboxylic acids is 1. The molecule has 0 radical (unpaired) electrons. The molecule has 1 aromatic rings. The predicted octanol–water partition coefficient (Wildman–Crippen LogP) is 0.455. The van der Waals surface area contributed by atoms with Gasteiger partial charge in [-0.15, -0.1) is 0 Å². The molecule has 6 heteroatoms. The Balaban J connectivity index is 2.43. The molecule has 17 heavy (non-hydrogen) atoms. The van der Waals surface area contributed by atoms with Crippen LogP contribution in [0.2, 0.25) is 0 Å². The second-order valence-electron chi connectivity index (χ2n) is 3.38. The number of primary amides is 1. The second kappa shape index (κ2) is 6.45. The Bertz CT molecular complexity index is 442. The van der Waals surface area contributed by atoms with Gasteiger partial charge in [0.05, 0.1) is 11.6 Å². The first-order chi connectivity index (χ1) is 8.13. The molecule has 0 saturated heterocycles. The Morgan fingerprint density at radius 2 is 2.24 bits per heavy atom. The molecule has 0 atom stereocenters. The summed E-state index contributed by atoms with van der Waals surface area (Å²) < 4.78 is 13.0. The highest BCUT2D eigenvalue weighted by molar-refractivity contribution is 5.71. The number of nitrogens with zero attached hydrogens (tertiary/aromatic N) is 1. The van der Waals surface area contributed by atoms with Crippen LogP contribution in [0.5, 0.6) is 0 Å². The molecule has 90 valence electrons. The van der Waals surface area contributed by atoms with E-state index in [0.717, 1.165) is 0 Å². The molecule has 5 nitrogen and oxygen atoms in total. The molecule has 2 amide bonds. The molecular weight excluding hydrogens is 223 g/mol. The fourth-order valence-electron chi connectivity index (χ4n) is 1.31. The highest BCUT2D eigenvalue weighted by Gasteiger charge is 2.03. The van der Waals surface area contributed by atoms with Crippen molar-refractivity contribution >= 4 is 6.03 Å². The third-order valence-corrected chi connectivity index (χ3v) is 2.10. The van der Waals surface area contributed by atoms with Crippen LogP contribution in [0.1, 0.15) is 11.1 Å². The van der Waals surface area contributed by atoms with E-state index in [1.54, 1.807) is 0 Å². The maximum Gasteiger partial charge on any atom is 0.312 e. The van der Waals surface area contributed by atoms with Crippen molar-refractivity contribution in [2.24, 2.45) is 5.73 Å². The first kappa shape index (κ1) is 12.9. The lowest BCUT2D eigenvalue weighted by atomic mass is 10.1. The summed E-state index contributed by atoms with van der Waals surface area (Å²) in [5, 5.41) is 14.2. The maximum absolute atomic E-state index is 13.0. The lowest BCUT2D eigenvalue weighted by Crippen LogP contribution is -2.35. The monoisotopic (exact) mass is 236 g/mol. The molecule has 0 aliphatic heterocycles. The predicted molar refractivity (Wildman–Crippen MR) is 60.4 cm³/mol. The van der Waals surface area contributed by atoms with Crippen LogP contribution in [-0.4, -0.2) is 19.1 Å². The lowest BCUT2D eigenvalue weighted by molar-refractivity contribution is 0.249. The normalized spacial score (nSPS) is 9.65. The van der Waals surface area contributed by atoms with Gasteiger partial charge >= 0.3 is 6.03 Å². The minimum Gasteiger partial charge on any atom is -0.352 e. The van der Waals surface area contributed by atoms with Gasteiger partial charge in [-0.2, -0.15) is 5.26 Å². The van der Waals surface area contributed by atoms with E-state index in [0.29, 0.717) is 30.8 Å². The number of halogens is 1. The van der Waals surface area contributed by atoms with E-state index in [9.17, 15) is 9.18 Å². The molecule has 4 N–H and O–H groups in total. The number of nitrogens with one attached hydrogen (secondary N) is 2. The van der Waals surface area contributed by atoms with Gasteiger partial charge in [0.15, 0.2) is 0 Å². The molecule has 0 aliphatic rings. The molecule has 0 aliphatic carbocycles. The van der Waals surface area contributed by atoms with Crippen LogP contribution < -0.4 is 16.4 Å². The summed E-state index contributed by atoms with van der Waals surface area (Å²) in [5.74, 6) is -0.379. The minimum absolute atomic E-state index is 0.362. The molecule has 0 aromatic heterocycles. The Hall–Kier alpha value is -2.13. The number of nitrogens with two attached hydrogens (primary N) is 1. The quantitative estimate of drug-likeness (QED) is 0.648. The van der Waals surface area contributed by atoms with E-state index >= 15 is 0 Å². The fourth-order valence-corrected chi connectivity index (χ4v) is 1.31. The molecule has 0 saturated carbocycles. The van der Waals surface area contributed by atoms with Crippen LogP contribution >= 0.6 is 0 Å². The average molecular weight is 236 g/mol. The summed E-state index contributed by atoms with van der Waals surface area (Å²) in [4.78, 5) is 10.4. The van der Waals surface area contributed by atoms with Gasteiger partial charge in [0.25, 0.3) is 0 Å². The van der Waals surface area contributed by atoms with Crippen molar-refractivity contribution in [3.8, 4) is 6.07 Å². The zero-order chi connectivity index (χ0) is 12.7. The van der Waals surface area contributed by atoms with Crippen molar-refractivity contribution < 1.29 is 9.18 Å². The maximum atomic E-state index is 13.0. The molecular formula is C11H13FN4O. The van der Waals surface area contributed by atoms with Crippen LogP contribution in [0.3, 0.4) is 0 Å². The van der Waals surface area contributed by atoms with E-state index in [-0.39, 0.29) is 5.82 Å². The third kappa shape index (κ3) is 4.49. The SMILES string of the molecule is N#Cc1ccc(F)cc1CNCCNC(N)=O. The van der Waals surface area contributed by atoms with Crippen molar-refractivity contribution in [1.29, 1.82) is 5.26 Å². The number of nitriles is 1. The summed E-state index contributed by atoms with van der Waals surface area (Å²) >= 11 is 0. The van der Waals surface area contributed by atoms with Crippen LogP contribution in [0.4, 0.5) is 9.18 Å². The number of amides is 2. The molecule has 0 unspecified atom stereocenters. The minimum atomic E-state index is -0.588. The van der Waals surface area contributed by atoms with E-state index in [1.807, 2.05) is 6.07 Å². The van der Waals surface area contributed by atoms with Crippen LogP contribution in [0.25, 0.3) is 0 Å². The second-order valence-corrected chi connectivity index (χ2v) is 3.38. The first-order valence-corrected chi connectivity index (χ1v) is 5.06. The van der Waals surface area contributed by atoms with Gasteiger partial charge in [-0.3, -0.25) is 0 Å². The van der Waals surface area contributed by atoms with Crippen LogP contribution in [-0.2, 0) is 6.54 Å². The van der Waals surface area contributed by atoms with Gasteiger partial charge in [-0.25, -0.2) is 9.18 Å². The van der Waals surface area contributed by atoms with Crippen molar-refractivity contribution in [1.82, 2.24) is 10.6 Å². The van der Waals surface area contributed by atoms with E-state index < -0.39 is 6.03 Å². The summed E-state index contributed by atoms with van der Waals surface area (Å²) in [6.45, 7) is 1.23. The average Bonchev–Trinajstić information content (AvgIpc) is 2.28. The smallest absolute Gasteiger partial charge is 0.312 e. The molecule has 0 heterocycles. The van der Waals surface area contributed by atoms with Gasteiger partial charge in [0.1, 0.15) is 5.82 Å². The topological polar surface area (TPSA) is 90.9 Å². The Kier molecular flexibility index (Phi) is 4.91. The Morgan fingerprint density at radius 3 is 2.88 bits per heavy atom. The fraction of sp³-hybridized carbons (Fsp3) is 0.273.